The molecule has 29 heavy (non-hydrogen) atoms. The van der Waals surface area contributed by atoms with Gasteiger partial charge in [0.05, 0.1) is 13.7 Å². The number of rotatable bonds is 8. The first-order valence-electron chi connectivity index (χ1n) is 8.20. The number of benzene rings is 1. The Bertz CT molecular complexity index is 1030. The Morgan fingerprint density at radius 3 is 2.31 bits per heavy atom. The minimum atomic E-state index is -1.63. The summed E-state index contributed by atoms with van der Waals surface area (Å²) >= 11 is 0. The summed E-state index contributed by atoms with van der Waals surface area (Å²) in [7, 11) is 1.29. The van der Waals surface area contributed by atoms with Gasteiger partial charge in [-0.2, -0.15) is 0 Å². The molecule has 1 heterocycles. The molecule has 0 atom stereocenters. The molecule has 11 heteroatoms. The van der Waals surface area contributed by atoms with Crippen molar-refractivity contribution in [1.82, 2.24) is 4.98 Å². The van der Waals surface area contributed by atoms with Crippen molar-refractivity contribution in [2.75, 3.05) is 26.1 Å². The van der Waals surface area contributed by atoms with E-state index in [1.807, 2.05) is 4.98 Å². The summed E-state index contributed by atoms with van der Waals surface area (Å²) in [5.74, 6) is -4.08. The number of pyridine rings is 1. The molecule has 0 fully saturated rings. The molecule has 0 saturated carbocycles. The molecule has 5 N–H and O–H groups in total. The van der Waals surface area contributed by atoms with E-state index < -0.39 is 47.0 Å². The SMILES string of the molecule is CCOC(=O)COc1ccc(-c2c(C(=O)O)c(N)[nH]c(=O)c2C(=O)O)cc1OC. The van der Waals surface area contributed by atoms with Crippen LogP contribution in [0.1, 0.15) is 27.6 Å². The van der Waals surface area contributed by atoms with Crippen LogP contribution >= 0.6 is 0 Å². The van der Waals surface area contributed by atoms with Gasteiger partial charge >= 0.3 is 17.9 Å². The third kappa shape index (κ3) is 4.46. The zero-order valence-electron chi connectivity index (χ0n) is 15.5. The number of aromatic nitrogens is 1. The summed E-state index contributed by atoms with van der Waals surface area (Å²) in [6.45, 7) is 1.42. The van der Waals surface area contributed by atoms with E-state index >= 15 is 0 Å². The number of nitrogens with one attached hydrogen (secondary N) is 1. The van der Waals surface area contributed by atoms with Gasteiger partial charge < -0.3 is 35.1 Å². The van der Waals surface area contributed by atoms with Crippen molar-refractivity contribution in [3.05, 3.63) is 39.7 Å². The van der Waals surface area contributed by atoms with Crippen LogP contribution in [0, 0.1) is 0 Å². The molecule has 0 aliphatic rings. The third-order valence-electron chi connectivity index (χ3n) is 3.78. The van der Waals surface area contributed by atoms with E-state index in [1.165, 1.54) is 25.3 Å². The Morgan fingerprint density at radius 1 is 1.10 bits per heavy atom. The summed E-state index contributed by atoms with van der Waals surface area (Å²) in [6, 6.07) is 3.92. The summed E-state index contributed by atoms with van der Waals surface area (Å²) in [5.41, 5.74) is 2.82. The van der Waals surface area contributed by atoms with Gasteiger partial charge in [-0.15, -0.1) is 0 Å². The van der Waals surface area contributed by atoms with Crippen LogP contribution in [-0.4, -0.2) is 53.4 Å². The summed E-state index contributed by atoms with van der Waals surface area (Å²) in [6.07, 6.45) is 0. The number of esters is 1. The Labute approximate surface area is 163 Å². The molecule has 1 aromatic heterocycles. The predicted octanol–water partition coefficient (Wildman–Crippen LogP) is 0.971. The van der Waals surface area contributed by atoms with E-state index in [0.29, 0.717) is 0 Å². The highest BCUT2D eigenvalue weighted by atomic mass is 16.6. The highest BCUT2D eigenvalue weighted by Crippen LogP contribution is 2.36. The maximum atomic E-state index is 12.1. The van der Waals surface area contributed by atoms with Crippen molar-refractivity contribution in [2.45, 2.75) is 6.92 Å². The molecule has 2 aromatic rings. The number of hydrogen-bond acceptors (Lipinski definition) is 8. The monoisotopic (exact) mass is 406 g/mol. The lowest BCUT2D eigenvalue weighted by molar-refractivity contribution is -0.145. The van der Waals surface area contributed by atoms with Gasteiger partial charge in [-0.25, -0.2) is 14.4 Å². The van der Waals surface area contributed by atoms with Crippen LogP contribution < -0.4 is 20.8 Å². The number of aromatic amines is 1. The predicted molar refractivity (Wildman–Crippen MR) is 99.5 cm³/mol. The molecule has 0 amide bonds. The summed E-state index contributed by atoms with van der Waals surface area (Å²) in [4.78, 5) is 48.8. The normalized spacial score (nSPS) is 10.3. The van der Waals surface area contributed by atoms with Gasteiger partial charge in [-0.05, 0) is 24.6 Å². The number of methoxy groups -OCH3 is 1. The second kappa shape index (κ2) is 8.78. The van der Waals surface area contributed by atoms with Gasteiger partial charge in [0.15, 0.2) is 18.1 Å². The van der Waals surface area contributed by atoms with Gasteiger partial charge in [-0.1, -0.05) is 6.07 Å². The van der Waals surface area contributed by atoms with Crippen molar-refractivity contribution in [3.8, 4) is 22.6 Å². The second-order valence-corrected chi connectivity index (χ2v) is 5.56. The van der Waals surface area contributed by atoms with Crippen LogP contribution in [0.4, 0.5) is 5.82 Å². The van der Waals surface area contributed by atoms with Crippen LogP contribution in [0.15, 0.2) is 23.0 Å². The minimum Gasteiger partial charge on any atom is -0.493 e. The van der Waals surface area contributed by atoms with Crippen LogP contribution in [0.3, 0.4) is 0 Å². The molecule has 0 aliphatic heterocycles. The highest BCUT2D eigenvalue weighted by molar-refractivity contribution is 6.07. The first-order valence-corrected chi connectivity index (χ1v) is 8.20. The fourth-order valence-electron chi connectivity index (χ4n) is 2.62. The molecule has 0 aliphatic carbocycles. The average Bonchev–Trinajstić information content (AvgIpc) is 2.65. The lowest BCUT2D eigenvalue weighted by atomic mass is 9.95. The zero-order chi connectivity index (χ0) is 21.7. The number of ether oxygens (including phenoxy) is 3. The first kappa shape index (κ1) is 21.3. The largest absolute Gasteiger partial charge is 0.493 e. The molecule has 0 radical (unpaired) electrons. The number of H-pyrrole nitrogens is 1. The van der Waals surface area contributed by atoms with E-state index in [9.17, 15) is 29.4 Å². The van der Waals surface area contributed by atoms with E-state index in [1.54, 1.807) is 6.92 Å². The van der Waals surface area contributed by atoms with E-state index in [0.717, 1.165) is 0 Å². The topological polar surface area (TPSA) is 178 Å². The fraction of sp³-hybridized carbons (Fsp3) is 0.222. The lowest BCUT2D eigenvalue weighted by Gasteiger charge is -2.15. The van der Waals surface area contributed by atoms with E-state index in [2.05, 4.69) is 0 Å². The fourth-order valence-corrected chi connectivity index (χ4v) is 2.62. The van der Waals surface area contributed by atoms with Gasteiger partial charge in [0.1, 0.15) is 16.9 Å². The molecular formula is C18H18N2O9. The number of carboxylic acids is 2. The van der Waals surface area contributed by atoms with Crippen molar-refractivity contribution in [3.63, 3.8) is 0 Å². The molecular weight excluding hydrogens is 388 g/mol. The number of carbonyl (C=O) groups is 3. The lowest BCUT2D eigenvalue weighted by Crippen LogP contribution is -2.24. The van der Waals surface area contributed by atoms with Gasteiger partial charge in [-0.3, -0.25) is 4.79 Å². The van der Waals surface area contributed by atoms with Crippen LogP contribution in [0.5, 0.6) is 11.5 Å². The zero-order valence-corrected chi connectivity index (χ0v) is 15.5. The molecule has 0 spiro atoms. The summed E-state index contributed by atoms with van der Waals surface area (Å²) < 4.78 is 15.2. The second-order valence-electron chi connectivity index (χ2n) is 5.56. The number of carboxylic acid groups (broad SMARTS) is 2. The van der Waals surface area contributed by atoms with Crippen LogP contribution in [-0.2, 0) is 9.53 Å². The molecule has 2 rings (SSSR count). The number of hydrogen-bond donors (Lipinski definition) is 4. The average molecular weight is 406 g/mol. The van der Waals surface area contributed by atoms with Crippen molar-refractivity contribution < 1.29 is 38.8 Å². The number of carbonyl (C=O) groups excluding carboxylic acids is 1. The van der Waals surface area contributed by atoms with Gasteiger partial charge in [0, 0.05) is 5.56 Å². The van der Waals surface area contributed by atoms with E-state index in [4.69, 9.17) is 19.9 Å². The smallest absolute Gasteiger partial charge is 0.344 e. The van der Waals surface area contributed by atoms with Gasteiger partial charge in [0.2, 0.25) is 0 Å². The number of aromatic carboxylic acids is 2. The highest BCUT2D eigenvalue weighted by Gasteiger charge is 2.27. The number of nitrogen functional groups attached to an aromatic ring is 1. The Kier molecular flexibility index (Phi) is 6.44. The number of anilines is 1. The van der Waals surface area contributed by atoms with Crippen molar-refractivity contribution in [2.24, 2.45) is 0 Å². The van der Waals surface area contributed by atoms with E-state index in [-0.39, 0.29) is 29.2 Å². The maximum absolute atomic E-state index is 12.1. The quantitative estimate of drug-likeness (QED) is 0.462. The molecule has 1 aromatic carbocycles. The molecule has 0 unspecified atom stereocenters. The Balaban J connectivity index is 2.63. The van der Waals surface area contributed by atoms with Crippen molar-refractivity contribution >= 4 is 23.7 Å². The molecule has 0 bridgehead atoms. The van der Waals surface area contributed by atoms with Crippen LogP contribution in [0.25, 0.3) is 11.1 Å². The van der Waals surface area contributed by atoms with Crippen molar-refractivity contribution in [1.29, 1.82) is 0 Å². The third-order valence-corrected chi connectivity index (χ3v) is 3.78. The van der Waals surface area contributed by atoms with Gasteiger partial charge in [0.25, 0.3) is 5.56 Å². The number of nitrogens with two attached hydrogens (primary N) is 1. The summed E-state index contributed by atoms with van der Waals surface area (Å²) in [5, 5.41) is 18.9. The minimum absolute atomic E-state index is 0.0398. The molecule has 154 valence electrons. The molecule has 11 nitrogen and oxygen atoms in total. The maximum Gasteiger partial charge on any atom is 0.344 e. The standard InChI is InChI=1S/C18H18N2O9/c1-3-28-11(21)7-29-9-5-4-8(6-10(9)27-2)12-13(17(23)24)15(19)20-16(22)14(12)18(25)26/h4-6H,3,7H2,1-2H3,(H,23,24)(H,25,26)(H3,19,20,22). The Hall–Kier alpha value is -4.02. The molecule has 0 saturated heterocycles. The van der Waals surface area contributed by atoms with Crippen LogP contribution in [0.2, 0.25) is 0 Å². The Morgan fingerprint density at radius 2 is 1.76 bits per heavy atom. The first-order chi connectivity index (χ1) is 13.7.